The Labute approximate surface area is 181 Å². The van der Waals surface area contributed by atoms with Gasteiger partial charge in [-0.1, -0.05) is 0 Å². The normalized spacial score (nSPS) is 10.9. The third kappa shape index (κ3) is 5.57. The Morgan fingerprint density at radius 1 is 1.13 bits per heavy atom. The summed E-state index contributed by atoms with van der Waals surface area (Å²) in [4.78, 5) is 26.6. The van der Waals surface area contributed by atoms with Crippen LogP contribution >= 0.6 is 0 Å². The molecule has 0 aliphatic heterocycles. The van der Waals surface area contributed by atoms with Crippen molar-refractivity contribution in [3.63, 3.8) is 0 Å². The van der Waals surface area contributed by atoms with Crippen molar-refractivity contribution < 1.29 is 23.5 Å². The van der Waals surface area contributed by atoms with Crippen LogP contribution in [0.1, 0.15) is 26.3 Å². The highest BCUT2D eigenvalue weighted by atomic mass is 16.5. The van der Waals surface area contributed by atoms with Gasteiger partial charge >= 0.3 is 5.97 Å². The minimum absolute atomic E-state index is 0.0172. The summed E-state index contributed by atoms with van der Waals surface area (Å²) in [5.41, 5.74) is 3.07. The number of furan rings is 1. The van der Waals surface area contributed by atoms with Crippen molar-refractivity contribution in [2.75, 3.05) is 30.5 Å². The molecule has 1 amide bonds. The van der Waals surface area contributed by atoms with Crippen LogP contribution in [0.2, 0.25) is 0 Å². The second kappa shape index (κ2) is 10.0. The molecule has 3 aromatic rings. The van der Waals surface area contributed by atoms with Crippen LogP contribution in [0.15, 0.2) is 53.1 Å². The van der Waals surface area contributed by atoms with Gasteiger partial charge in [0.1, 0.15) is 11.3 Å². The smallest absolute Gasteiger partial charge is 0.310 e. The Bertz CT molecular complexity index is 1040. The van der Waals surface area contributed by atoms with Crippen LogP contribution in [0.25, 0.3) is 11.0 Å². The predicted octanol–water partition coefficient (Wildman–Crippen LogP) is 4.40. The molecule has 0 atom stereocenters. The Kier molecular flexibility index (Phi) is 7.18. The molecular formula is C24H28N2O5. The molecule has 0 spiro atoms. The average molecular weight is 424 g/mol. The highest BCUT2D eigenvalue weighted by molar-refractivity contribution is 5.93. The number of carbonyl (C=O) groups is 2. The van der Waals surface area contributed by atoms with Crippen molar-refractivity contribution in [1.29, 1.82) is 0 Å². The summed E-state index contributed by atoms with van der Waals surface area (Å²) in [6, 6.07) is 13.4. The van der Waals surface area contributed by atoms with Crippen molar-refractivity contribution >= 4 is 34.2 Å². The molecule has 7 nitrogen and oxygen atoms in total. The molecule has 0 fully saturated rings. The van der Waals surface area contributed by atoms with Gasteiger partial charge in [0.15, 0.2) is 6.61 Å². The first-order chi connectivity index (χ1) is 14.9. The van der Waals surface area contributed by atoms with Gasteiger partial charge in [0.25, 0.3) is 5.91 Å². The van der Waals surface area contributed by atoms with Gasteiger partial charge in [-0.3, -0.25) is 9.59 Å². The number of fused-ring (bicyclic) bond motifs is 1. The lowest BCUT2D eigenvalue weighted by atomic mass is 10.1. The third-order valence-corrected chi connectivity index (χ3v) is 5.01. The number of amides is 1. The van der Waals surface area contributed by atoms with Crippen LogP contribution in [0.3, 0.4) is 0 Å². The molecule has 7 heteroatoms. The van der Waals surface area contributed by atoms with Gasteiger partial charge < -0.3 is 24.1 Å². The number of nitrogens with one attached hydrogen (secondary N) is 1. The Hall–Kier alpha value is -3.48. The van der Waals surface area contributed by atoms with E-state index in [2.05, 4.69) is 31.0 Å². The molecule has 1 aromatic heterocycles. The van der Waals surface area contributed by atoms with E-state index in [0.717, 1.165) is 17.6 Å². The predicted molar refractivity (Wildman–Crippen MR) is 121 cm³/mol. The second-order valence-electron chi connectivity index (χ2n) is 7.44. The number of carbonyl (C=O) groups excluding carboxylic acids is 2. The maximum absolute atomic E-state index is 12.2. The molecule has 0 aliphatic carbocycles. The molecule has 2 aromatic carbocycles. The molecular weight excluding hydrogens is 396 g/mol. The largest absolute Gasteiger partial charge is 0.497 e. The minimum atomic E-state index is -0.500. The summed E-state index contributed by atoms with van der Waals surface area (Å²) < 4.78 is 15.8. The highest BCUT2D eigenvalue weighted by Gasteiger charge is 2.14. The standard InChI is InChI=1S/C24H28N2O5/c1-5-26(16(2)3)19-8-6-18(7-9-19)25-23(27)15-31-24(28)12-17-14-30-22-13-20(29-4)10-11-21(17)22/h6-11,13-14,16H,5,12,15H2,1-4H3,(H,25,27). The number of rotatable bonds is 9. The number of esters is 1. The number of hydrogen-bond acceptors (Lipinski definition) is 6. The van der Waals surface area contributed by atoms with Gasteiger partial charge in [-0.25, -0.2) is 0 Å². The van der Waals surface area contributed by atoms with Crippen LogP contribution in [0.4, 0.5) is 11.4 Å². The van der Waals surface area contributed by atoms with E-state index in [0.29, 0.717) is 28.6 Å². The molecule has 0 unspecified atom stereocenters. The van der Waals surface area contributed by atoms with E-state index < -0.39 is 5.97 Å². The molecule has 3 rings (SSSR count). The molecule has 164 valence electrons. The number of nitrogens with zero attached hydrogens (tertiary/aromatic N) is 1. The van der Waals surface area contributed by atoms with E-state index in [1.807, 2.05) is 30.3 Å². The molecule has 31 heavy (non-hydrogen) atoms. The fraction of sp³-hybridized carbons (Fsp3) is 0.333. The summed E-state index contributed by atoms with van der Waals surface area (Å²) in [5.74, 6) is -0.217. The minimum Gasteiger partial charge on any atom is -0.497 e. The number of methoxy groups -OCH3 is 1. The zero-order chi connectivity index (χ0) is 22.4. The molecule has 0 aliphatic rings. The number of hydrogen-bond donors (Lipinski definition) is 1. The Morgan fingerprint density at radius 2 is 1.87 bits per heavy atom. The van der Waals surface area contributed by atoms with Crippen LogP contribution in [0, 0.1) is 0 Å². The van der Waals surface area contributed by atoms with Crippen molar-refractivity contribution in [3.05, 3.63) is 54.3 Å². The molecule has 1 heterocycles. The first-order valence-corrected chi connectivity index (χ1v) is 10.3. The highest BCUT2D eigenvalue weighted by Crippen LogP contribution is 2.26. The SMILES string of the molecule is CCN(c1ccc(NC(=O)COC(=O)Cc2coc3cc(OC)ccc23)cc1)C(C)C. The van der Waals surface area contributed by atoms with Crippen molar-refractivity contribution in [3.8, 4) is 5.75 Å². The molecule has 0 saturated heterocycles. The van der Waals surface area contributed by atoms with Gasteiger partial charge in [-0.2, -0.15) is 0 Å². The zero-order valence-corrected chi connectivity index (χ0v) is 18.3. The van der Waals surface area contributed by atoms with Crippen molar-refractivity contribution in [2.24, 2.45) is 0 Å². The molecule has 0 saturated carbocycles. The Morgan fingerprint density at radius 3 is 2.52 bits per heavy atom. The summed E-state index contributed by atoms with van der Waals surface area (Å²) in [6.45, 7) is 6.93. The molecule has 0 radical (unpaired) electrons. The van der Waals surface area contributed by atoms with Gasteiger partial charge in [0.2, 0.25) is 0 Å². The van der Waals surface area contributed by atoms with Crippen LogP contribution in [0.5, 0.6) is 5.75 Å². The summed E-state index contributed by atoms with van der Waals surface area (Å²) in [6.07, 6.45) is 1.53. The van der Waals surface area contributed by atoms with Crippen LogP contribution < -0.4 is 15.0 Å². The Balaban J connectivity index is 1.51. The van der Waals surface area contributed by atoms with Crippen LogP contribution in [-0.2, 0) is 20.7 Å². The third-order valence-electron chi connectivity index (χ3n) is 5.01. The topological polar surface area (TPSA) is 81.0 Å². The van der Waals surface area contributed by atoms with E-state index in [1.165, 1.54) is 6.26 Å². The number of benzene rings is 2. The van der Waals surface area contributed by atoms with Crippen molar-refractivity contribution in [2.45, 2.75) is 33.2 Å². The summed E-state index contributed by atoms with van der Waals surface area (Å²) in [7, 11) is 1.58. The first kappa shape index (κ1) is 22.2. The molecule has 1 N–H and O–H groups in total. The van der Waals surface area contributed by atoms with E-state index >= 15 is 0 Å². The van der Waals surface area contributed by atoms with Crippen LogP contribution in [-0.4, -0.2) is 38.2 Å². The van der Waals surface area contributed by atoms with E-state index in [-0.39, 0.29) is 18.9 Å². The van der Waals surface area contributed by atoms with E-state index in [4.69, 9.17) is 13.9 Å². The summed E-state index contributed by atoms with van der Waals surface area (Å²) >= 11 is 0. The second-order valence-corrected chi connectivity index (χ2v) is 7.44. The number of ether oxygens (including phenoxy) is 2. The lowest BCUT2D eigenvalue weighted by molar-refractivity contribution is -0.146. The fourth-order valence-electron chi connectivity index (χ4n) is 3.46. The first-order valence-electron chi connectivity index (χ1n) is 10.3. The average Bonchev–Trinajstić information content (AvgIpc) is 3.15. The number of anilines is 2. The zero-order valence-electron chi connectivity index (χ0n) is 18.3. The maximum Gasteiger partial charge on any atom is 0.310 e. The van der Waals surface area contributed by atoms with E-state index in [9.17, 15) is 9.59 Å². The quantitative estimate of drug-likeness (QED) is 0.513. The van der Waals surface area contributed by atoms with Gasteiger partial charge in [-0.05, 0) is 57.2 Å². The molecule has 0 bridgehead atoms. The van der Waals surface area contributed by atoms with Gasteiger partial charge in [0.05, 0.1) is 19.8 Å². The lowest BCUT2D eigenvalue weighted by Crippen LogP contribution is -2.30. The van der Waals surface area contributed by atoms with Gasteiger partial charge in [0, 0.05) is 41.0 Å². The lowest BCUT2D eigenvalue weighted by Gasteiger charge is -2.27. The summed E-state index contributed by atoms with van der Waals surface area (Å²) in [5, 5.41) is 3.55. The van der Waals surface area contributed by atoms with Gasteiger partial charge in [-0.15, -0.1) is 0 Å². The monoisotopic (exact) mass is 424 g/mol. The van der Waals surface area contributed by atoms with E-state index in [1.54, 1.807) is 19.2 Å². The van der Waals surface area contributed by atoms with Crippen molar-refractivity contribution in [1.82, 2.24) is 0 Å². The maximum atomic E-state index is 12.2. The fourth-order valence-corrected chi connectivity index (χ4v) is 3.46.